The summed E-state index contributed by atoms with van der Waals surface area (Å²) in [5.41, 5.74) is 3.49. The standard InChI is InChI=1S/C17H20ClNO/c1-4-19-17(13-6-5-7-14(18)11-13)15-10-12(2)8-9-16(15)20-3/h5-11,17,19H,4H2,1-3H3. The summed E-state index contributed by atoms with van der Waals surface area (Å²) in [7, 11) is 1.70. The Kier molecular flexibility index (Phi) is 5.05. The molecular formula is C17H20ClNO. The maximum absolute atomic E-state index is 6.12. The maximum Gasteiger partial charge on any atom is 0.123 e. The average molecular weight is 290 g/mol. The van der Waals surface area contributed by atoms with Crippen LogP contribution < -0.4 is 10.1 Å². The van der Waals surface area contributed by atoms with E-state index in [1.807, 2.05) is 24.3 Å². The van der Waals surface area contributed by atoms with Crippen molar-refractivity contribution < 1.29 is 4.74 Å². The average Bonchev–Trinajstić information content (AvgIpc) is 2.44. The molecule has 0 aliphatic carbocycles. The molecule has 0 saturated heterocycles. The number of benzene rings is 2. The van der Waals surface area contributed by atoms with Gasteiger partial charge in [-0.1, -0.05) is 48.4 Å². The van der Waals surface area contributed by atoms with Gasteiger partial charge < -0.3 is 10.1 Å². The van der Waals surface area contributed by atoms with Crippen LogP contribution >= 0.6 is 11.6 Å². The number of halogens is 1. The van der Waals surface area contributed by atoms with E-state index in [0.717, 1.165) is 28.4 Å². The van der Waals surface area contributed by atoms with Crippen LogP contribution in [-0.2, 0) is 0 Å². The van der Waals surface area contributed by atoms with E-state index < -0.39 is 0 Å². The van der Waals surface area contributed by atoms with Crippen LogP contribution in [0.1, 0.15) is 29.7 Å². The number of nitrogens with one attached hydrogen (secondary N) is 1. The molecule has 0 bridgehead atoms. The van der Waals surface area contributed by atoms with E-state index in [1.54, 1.807) is 7.11 Å². The summed E-state index contributed by atoms with van der Waals surface area (Å²) in [4.78, 5) is 0. The van der Waals surface area contributed by atoms with Gasteiger partial charge in [-0.15, -0.1) is 0 Å². The molecule has 0 aromatic heterocycles. The van der Waals surface area contributed by atoms with Gasteiger partial charge in [-0.2, -0.15) is 0 Å². The van der Waals surface area contributed by atoms with Crippen LogP contribution in [0.3, 0.4) is 0 Å². The van der Waals surface area contributed by atoms with Gasteiger partial charge in [-0.05, 0) is 37.2 Å². The number of ether oxygens (including phenoxy) is 1. The molecule has 20 heavy (non-hydrogen) atoms. The van der Waals surface area contributed by atoms with Crippen LogP contribution in [0.15, 0.2) is 42.5 Å². The summed E-state index contributed by atoms with van der Waals surface area (Å²) < 4.78 is 5.51. The van der Waals surface area contributed by atoms with Crippen molar-refractivity contribution in [1.82, 2.24) is 5.32 Å². The predicted molar refractivity (Wildman–Crippen MR) is 84.7 cm³/mol. The Balaban J connectivity index is 2.50. The minimum atomic E-state index is 0.0774. The third kappa shape index (κ3) is 3.33. The summed E-state index contributed by atoms with van der Waals surface area (Å²) >= 11 is 6.12. The Morgan fingerprint density at radius 3 is 2.65 bits per heavy atom. The highest BCUT2D eigenvalue weighted by molar-refractivity contribution is 6.30. The lowest BCUT2D eigenvalue weighted by atomic mass is 9.96. The second-order valence-electron chi connectivity index (χ2n) is 4.79. The molecule has 2 rings (SSSR count). The van der Waals surface area contributed by atoms with E-state index in [0.29, 0.717) is 0 Å². The predicted octanol–water partition coefficient (Wildman–Crippen LogP) is 4.36. The van der Waals surface area contributed by atoms with Crippen molar-refractivity contribution in [1.29, 1.82) is 0 Å². The number of rotatable bonds is 5. The van der Waals surface area contributed by atoms with Crippen LogP contribution in [-0.4, -0.2) is 13.7 Å². The Hall–Kier alpha value is -1.51. The molecule has 1 unspecified atom stereocenters. The molecule has 0 heterocycles. The van der Waals surface area contributed by atoms with Crippen molar-refractivity contribution in [3.8, 4) is 5.75 Å². The van der Waals surface area contributed by atoms with Crippen molar-refractivity contribution in [2.24, 2.45) is 0 Å². The van der Waals surface area contributed by atoms with E-state index in [2.05, 4.69) is 37.4 Å². The molecule has 0 spiro atoms. The molecule has 1 N–H and O–H groups in total. The van der Waals surface area contributed by atoms with E-state index in [1.165, 1.54) is 5.56 Å². The van der Waals surface area contributed by atoms with Crippen LogP contribution in [0.25, 0.3) is 0 Å². The van der Waals surface area contributed by atoms with Crippen molar-refractivity contribution in [3.05, 3.63) is 64.2 Å². The second-order valence-corrected chi connectivity index (χ2v) is 5.23. The topological polar surface area (TPSA) is 21.3 Å². The van der Waals surface area contributed by atoms with E-state index in [-0.39, 0.29) is 6.04 Å². The summed E-state index contributed by atoms with van der Waals surface area (Å²) in [5.74, 6) is 0.890. The van der Waals surface area contributed by atoms with Gasteiger partial charge >= 0.3 is 0 Å². The minimum absolute atomic E-state index is 0.0774. The molecular weight excluding hydrogens is 270 g/mol. The number of hydrogen-bond donors (Lipinski definition) is 1. The SMILES string of the molecule is CCNC(c1cccc(Cl)c1)c1cc(C)ccc1OC. The molecule has 0 radical (unpaired) electrons. The van der Waals surface area contributed by atoms with Crippen LogP contribution in [0.2, 0.25) is 5.02 Å². The lowest BCUT2D eigenvalue weighted by Gasteiger charge is -2.22. The summed E-state index contributed by atoms with van der Waals surface area (Å²) in [5, 5.41) is 4.25. The van der Waals surface area contributed by atoms with Gasteiger partial charge in [-0.3, -0.25) is 0 Å². The van der Waals surface area contributed by atoms with E-state index in [9.17, 15) is 0 Å². The molecule has 2 nitrogen and oxygen atoms in total. The molecule has 0 saturated carbocycles. The van der Waals surface area contributed by atoms with Gasteiger partial charge in [0.05, 0.1) is 13.2 Å². The van der Waals surface area contributed by atoms with Gasteiger partial charge in [-0.25, -0.2) is 0 Å². The third-order valence-electron chi connectivity index (χ3n) is 3.29. The molecule has 3 heteroatoms. The molecule has 0 aliphatic heterocycles. The molecule has 0 fully saturated rings. The summed E-state index contributed by atoms with van der Waals surface area (Å²) in [6.07, 6.45) is 0. The van der Waals surface area contributed by atoms with Gasteiger partial charge in [0.1, 0.15) is 5.75 Å². The zero-order valence-corrected chi connectivity index (χ0v) is 12.9. The quantitative estimate of drug-likeness (QED) is 0.883. The van der Waals surface area contributed by atoms with Gasteiger partial charge in [0.2, 0.25) is 0 Å². The maximum atomic E-state index is 6.12. The first-order chi connectivity index (χ1) is 9.65. The molecule has 0 aliphatic rings. The zero-order chi connectivity index (χ0) is 14.5. The number of aryl methyl sites for hydroxylation is 1. The van der Waals surface area contributed by atoms with Crippen molar-refractivity contribution >= 4 is 11.6 Å². The van der Waals surface area contributed by atoms with Gasteiger partial charge in [0, 0.05) is 10.6 Å². The third-order valence-corrected chi connectivity index (χ3v) is 3.52. The van der Waals surface area contributed by atoms with E-state index in [4.69, 9.17) is 16.3 Å². The lowest BCUT2D eigenvalue weighted by Crippen LogP contribution is -2.22. The van der Waals surface area contributed by atoms with Crippen molar-refractivity contribution in [2.45, 2.75) is 19.9 Å². The fraction of sp³-hybridized carbons (Fsp3) is 0.294. The first kappa shape index (κ1) is 14.9. The highest BCUT2D eigenvalue weighted by atomic mass is 35.5. The van der Waals surface area contributed by atoms with Crippen LogP contribution in [0.4, 0.5) is 0 Å². The molecule has 2 aromatic carbocycles. The zero-order valence-electron chi connectivity index (χ0n) is 12.1. The van der Waals surface area contributed by atoms with E-state index >= 15 is 0 Å². The first-order valence-corrected chi connectivity index (χ1v) is 7.17. The van der Waals surface area contributed by atoms with Gasteiger partial charge in [0.15, 0.2) is 0 Å². The van der Waals surface area contributed by atoms with Crippen LogP contribution in [0.5, 0.6) is 5.75 Å². The number of methoxy groups -OCH3 is 1. The Morgan fingerprint density at radius 1 is 1.20 bits per heavy atom. The second kappa shape index (κ2) is 6.78. The smallest absolute Gasteiger partial charge is 0.123 e. The van der Waals surface area contributed by atoms with Crippen LogP contribution in [0, 0.1) is 6.92 Å². The monoisotopic (exact) mass is 289 g/mol. The molecule has 2 aromatic rings. The minimum Gasteiger partial charge on any atom is -0.496 e. The van der Waals surface area contributed by atoms with Crippen molar-refractivity contribution in [2.75, 3.05) is 13.7 Å². The highest BCUT2D eigenvalue weighted by Gasteiger charge is 2.17. The first-order valence-electron chi connectivity index (χ1n) is 6.79. The Morgan fingerprint density at radius 2 is 2.00 bits per heavy atom. The fourth-order valence-corrected chi connectivity index (χ4v) is 2.58. The normalized spacial score (nSPS) is 12.2. The summed E-state index contributed by atoms with van der Waals surface area (Å²) in [6.45, 7) is 5.05. The van der Waals surface area contributed by atoms with Crippen molar-refractivity contribution in [3.63, 3.8) is 0 Å². The largest absolute Gasteiger partial charge is 0.496 e. The molecule has 0 amide bonds. The highest BCUT2D eigenvalue weighted by Crippen LogP contribution is 2.31. The number of hydrogen-bond acceptors (Lipinski definition) is 2. The fourth-order valence-electron chi connectivity index (χ4n) is 2.38. The lowest BCUT2D eigenvalue weighted by molar-refractivity contribution is 0.404. The molecule has 1 atom stereocenters. The van der Waals surface area contributed by atoms with Gasteiger partial charge in [0.25, 0.3) is 0 Å². The Labute approximate surface area is 125 Å². The Bertz CT molecular complexity index is 583. The molecule has 106 valence electrons. The summed E-state index contributed by atoms with van der Waals surface area (Å²) in [6, 6.07) is 14.3.